The van der Waals surface area contributed by atoms with Crippen LogP contribution in [0.25, 0.3) is 0 Å². The quantitative estimate of drug-likeness (QED) is 0.735. The van der Waals surface area contributed by atoms with E-state index in [4.69, 9.17) is 22.1 Å². The van der Waals surface area contributed by atoms with Crippen molar-refractivity contribution < 1.29 is 18.3 Å². The molecule has 1 heterocycles. The summed E-state index contributed by atoms with van der Waals surface area (Å²) in [5.74, 6) is -1.87. The zero-order chi connectivity index (χ0) is 22.1. The van der Waals surface area contributed by atoms with Gasteiger partial charge in [-0.05, 0) is 43.3 Å². The van der Waals surface area contributed by atoms with Gasteiger partial charge in [0.25, 0.3) is 5.91 Å². The zero-order valence-electron chi connectivity index (χ0n) is 17.1. The number of nitrogens with two attached hydrogens (primary N) is 1. The van der Waals surface area contributed by atoms with Crippen LogP contribution in [-0.4, -0.2) is 23.4 Å². The van der Waals surface area contributed by atoms with E-state index in [1.165, 1.54) is 5.01 Å². The van der Waals surface area contributed by atoms with Crippen LogP contribution >= 0.6 is 11.6 Å². The molecular formula is C22H24ClF2N3O2. The third-order valence-corrected chi connectivity index (χ3v) is 5.02. The van der Waals surface area contributed by atoms with Crippen molar-refractivity contribution in [1.82, 2.24) is 5.01 Å². The number of nitrogens with zero attached hydrogens (tertiary/aromatic N) is 2. The van der Waals surface area contributed by atoms with E-state index in [9.17, 15) is 13.6 Å². The number of hydrazone groups is 1. The van der Waals surface area contributed by atoms with E-state index in [-0.39, 0.29) is 23.8 Å². The Morgan fingerprint density at radius 1 is 1.23 bits per heavy atom. The van der Waals surface area contributed by atoms with E-state index < -0.39 is 22.8 Å². The molecule has 30 heavy (non-hydrogen) atoms. The molecule has 1 aliphatic heterocycles. The molecule has 160 valence electrons. The van der Waals surface area contributed by atoms with E-state index in [0.29, 0.717) is 23.6 Å². The van der Waals surface area contributed by atoms with Crippen molar-refractivity contribution in [2.45, 2.75) is 39.3 Å². The van der Waals surface area contributed by atoms with Crippen molar-refractivity contribution in [1.29, 1.82) is 0 Å². The fourth-order valence-corrected chi connectivity index (χ4v) is 3.44. The molecule has 0 aliphatic carbocycles. The molecule has 2 aromatic carbocycles. The Balaban J connectivity index is 2.21. The molecule has 0 spiro atoms. The number of carbonyl (C=O) groups is 1. The van der Waals surface area contributed by atoms with Crippen LogP contribution in [0.2, 0.25) is 5.02 Å². The lowest BCUT2D eigenvalue weighted by Gasteiger charge is -2.38. The number of hydrogen-bond donors (Lipinski definition) is 1. The van der Waals surface area contributed by atoms with Crippen molar-refractivity contribution in [2.75, 3.05) is 6.54 Å². The molecular weight excluding hydrogens is 412 g/mol. The molecule has 0 saturated carbocycles. The molecule has 0 radical (unpaired) electrons. The van der Waals surface area contributed by atoms with Gasteiger partial charge in [0.1, 0.15) is 11.6 Å². The average molecular weight is 436 g/mol. The maximum atomic E-state index is 14.5. The topological polar surface area (TPSA) is 67.9 Å². The van der Waals surface area contributed by atoms with Gasteiger partial charge in [0, 0.05) is 22.4 Å². The van der Waals surface area contributed by atoms with Gasteiger partial charge >= 0.3 is 0 Å². The van der Waals surface area contributed by atoms with Gasteiger partial charge in [-0.1, -0.05) is 44.5 Å². The van der Waals surface area contributed by atoms with Crippen molar-refractivity contribution in [3.63, 3.8) is 0 Å². The number of rotatable bonds is 5. The summed E-state index contributed by atoms with van der Waals surface area (Å²) >= 11 is 6.21. The third kappa shape index (κ3) is 4.18. The minimum Gasteiger partial charge on any atom is -0.443 e. The van der Waals surface area contributed by atoms with Gasteiger partial charge in [-0.2, -0.15) is 5.01 Å². The summed E-state index contributed by atoms with van der Waals surface area (Å²) in [6.07, 6.45) is 0.782. The van der Waals surface area contributed by atoms with E-state index >= 15 is 0 Å². The highest BCUT2D eigenvalue weighted by Gasteiger charge is 2.52. The summed E-state index contributed by atoms with van der Waals surface area (Å²) in [5, 5.41) is 5.98. The molecule has 2 aromatic rings. The van der Waals surface area contributed by atoms with Crippen LogP contribution in [0.1, 0.15) is 44.7 Å². The maximum Gasteiger partial charge on any atom is 0.251 e. The van der Waals surface area contributed by atoms with Crippen LogP contribution in [-0.2, 0) is 15.3 Å². The lowest BCUT2D eigenvalue weighted by atomic mass is 9.91. The first-order valence-electron chi connectivity index (χ1n) is 9.62. The minimum atomic E-state index is -1.39. The first-order valence-corrected chi connectivity index (χ1v) is 10.00. The van der Waals surface area contributed by atoms with Gasteiger partial charge in [-0.3, -0.25) is 4.79 Å². The molecule has 1 unspecified atom stereocenters. The molecule has 0 fully saturated rings. The summed E-state index contributed by atoms with van der Waals surface area (Å²) in [6, 6.07) is 9.83. The predicted molar refractivity (Wildman–Crippen MR) is 112 cm³/mol. The Morgan fingerprint density at radius 2 is 1.97 bits per heavy atom. The molecule has 5 nitrogen and oxygen atoms in total. The Bertz CT molecular complexity index is 991. The highest BCUT2D eigenvalue weighted by atomic mass is 35.5. The maximum absolute atomic E-state index is 14.5. The van der Waals surface area contributed by atoms with Crippen molar-refractivity contribution in [2.24, 2.45) is 16.3 Å². The molecule has 1 amide bonds. The van der Waals surface area contributed by atoms with Crippen LogP contribution in [0.15, 0.2) is 47.6 Å². The molecule has 1 aliphatic rings. The van der Waals surface area contributed by atoms with Crippen LogP contribution in [0.4, 0.5) is 8.78 Å². The average Bonchev–Trinajstić information content (AvgIpc) is 3.07. The van der Waals surface area contributed by atoms with Gasteiger partial charge in [0.15, 0.2) is 0 Å². The largest absolute Gasteiger partial charge is 0.443 e. The van der Waals surface area contributed by atoms with Gasteiger partial charge in [0.2, 0.25) is 11.6 Å². The standard InChI is InChI=1S/C22H24ClF2N3O2/c1-21(2,3)20(29)28-22(10-5-11-26,14-6-4-7-15(23)12-14)30-19(27-28)17-13-16(24)8-9-18(17)25/h4,6-9,12-13H,5,10-11,26H2,1-3H3. The summed E-state index contributed by atoms with van der Waals surface area (Å²) in [6.45, 7) is 5.58. The number of halogens is 3. The highest BCUT2D eigenvalue weighted by Crippen LogP contribution is 2.43. The van der Waals surface area contributed by atoms with Crippen molar-refractivity contribution in [3.8, 4) is 0 Å². The van der Waals surface area contributed by atoms with Crippen molar-refractivity contribution in [3.05, 3.63) is 70.2 Å². The number of benzene rings is 2. The second-order valence-corrected chi connectivity index (χ2v) is 8.62. The molecule has 1 atom stereocenters. The Kier molecular flexibility index (Phi) is 6.15. The Labute approximate surface area is 179 Å². The molecule has 0 bridgehead atoms. The first-order chi connectivity index (χ1) is 14.1. The monoisotopic (exact) mass is 435 g/mol. The lowest BCUT2D eigenvalue weighted by molar-refractivity contribution is -0.161. The Hall–Kier alpha value is -2.51. The molecule has 0 saturated heterocycles. The third-order valence-electron chi connectivity index (χ3n) is 4.79. The van der Waals surface area contributed by atoms with E-state index in [2.05, 4.69) is 5.10 Å². The van der Waals surface area contributed by atoms with Crippen LogP contribution in [0.3, 0.4) is 0 Å². The fraction of sp³-hybridized carbons (Fsp3) is 0.364. The second-order valence-electron chi connectivity index (χ2n) is 8.19. The number of carbonyl (C=O) groups excluding carboxylic acids is 1. The molecule has 2 N–H and O–H groups in total. The number of amides is 1. The van der Waals surface area contributed by atoms with Gasteiger partial charge in [-0.25, -0.2) is 8.78 Å². The number of hydrogen-bond acceptors (Lipinski definition) is 4. The van der Waals surface area contributed by atoms with Gasteiger partial charge in [0.05, 0.1) is 5.56 Å². The SMILES string of the molecule is CC(C)(C)C(=O)N1N=C(c2cc(F)ccc2F)OC1(CCCN)c1cccc(Cl)c1. The number of ether oxygens (including phenoxy) is 1. The normalized spacial score (nSPS) is 18.9. The molecule has 3 rings (SSSR count). The van der Waals surface area contributed by atoms with Crippen LogP contribution in [0.5, 0.6) is 0 Å². The summed E-state index contributed by atoms with van der Waals surface area (Å²) in [7, 11) is 0. The minimum absolute atomic E-state index is 0.168. The first kappa shape index (κ1) is 22.2. The predicted octanol–water partition coefficient (Wildman–Crippen LogP) is 4.78. The van der Waals surface area contributed by atoms with E-state index in [1.807, 2.05) is 0 Å². The van der Waals surface area contributed by atoms with Gasteiger partial charge in [-0.15, -0.1) is 5.10 Å². The van der Waals surface area contributed by atoms with Crippen LogP contribution < -0.4 is 5.73 Å². The van der Waals surface area contributed by atoms with Crippen molar-refractivity contribution >= 4 is 23.4 Å². The smallest absolute Gasteiger partial charge is 0.251 e. The summed E-state index contributed by atoms with van der Waals surface area (Å²) in [4.78, 5) is 13.3. The Morgan fingerprint density at radius 3 is 2.60 bits per heavy atom. The second kappa shape index (κ2) is 8.32. The molecule has 8 heteroatoms. The van der Waals surface area contributed by atoms with E-state index in [1.54, 1.807) is 45.0 Å². The van der Waals surface area contributed by atoms with Gasteiger partial charge < -0.3 is 10.5 Å². The highest BCUT2D eigenvalue weighted by molar-refractivity contribution is 6.30. The van der Waals surface area contributed by atoms with Crippen LogP contribution in [0, 0.1) is 17.0 Å². The zero-order valence-corrected chi connectivity index (χ0v) is 17.8. The molecule has 0 aromatic heterocycles. The fourth-order valence-electron chi connectivity index (χ4n) is 3.25. The summed E-state index contributed by atoms with van der Waals surface area (Å²) < 4.78 is 34.5. The lowest BCUT2D eigenvalue weighted by Crippen LogP contribution is -2.49. The van der Waals surface area contributed by atoms with E-state index in [0.717, 1.165) is 18.2 Å². The summed E-state index contributed by atoms with van der Waals surface area (Å²) in [5.41, 5.74) is 3.94.